The van der Waals surface area contributed by atoms with E-state index in [0.717, 1.165) is 24.2 Å². The minimum absolute atomic E-state index is 0.0956. The fraction of sp³-hybridized carbons (Fsp3) is 0.368. The van der Waals surface area contributed by atoms with Crippen LogP contribution in [-0.2, 0) is 5.41 Å². The second kappa shape index (κ2) is 5.53. The molecule has 1 fully saturated rings. The zero-order chi connectivity index (χ0) is 14.9. The third kappa shape index (κ3) is 2.81. The zero-order valence-corrected chi connectivity index (χ0v) is 12.6. The predicted octanol–water partition coefficient (Wildman–Crippen LogP) is 4.24. The Labute approximate surface area is 126 Å². The first-order chi connectivity index (χ1) is 10.1. The van der Waals surface area contributed by atoms with E-state index in [4.69, 9.17) is 4.74 Å². The molecule has 2 aromatic rings. The Kier molecular flexibility index (Phi) is 3.73. The molecule has 1 N–H and O–H groups in total. The van der Waals surface area contributed by atoms with Crippen LogP contribution in [0.3, 0.4) is 0 Å². The van der Waals surface area contributed by atoms with Crippen LogP contribution in [0.15, 0.2) is 54.6 Å². The molecule has 2 heteroatoms. The lowest BCUT2D eigenvalue weighted by atomic mass is 9.86. The third-order valence-electron chi connectivity index (χ3n) is 4.23. The largest absolute Gasteiger partial charge is 0.491 e. The van der Waals surface area contributed by atoms with Crippen molar-refractivity contribution in [1.29, 1.82) is 0 Å². The van der Waals surface area contributed by atoms with E-state index in [1.165, 1.54) is 5.56 Å². The van der Waals surface area contributed by atoms with Crippen molar-refractivity contribution in [2.24, 2.45) is 0 Å². The van der Waals surface area contributed by atoms with Crippen molar-refractivity contribution >= 4 is 0 Å². The van der Waals surface area contributed by atoms with Crippen molar-refractivity contribution < 1.29 is 9.84 Å². The van der Waals surface area contributed by atoms with Crippen LogP contribution in [0.25, 0.3) is 0 Å². The van der Waals surface area contributed by atoms with Crippen LogP contribution >= 0.6 is 0 Å². The Balaban J connectivity index is 1.81. The van der Waals surface area contributed by atoms with E-state index in [0.29, 0.717) is 0 Å². The molecule has 1 aliphatic carbocycles. The van der Waals surface area contributed by atoms with Crippen LogP contribution in [0.4, 0.5) is 0 Å². The van der Waals surface area contributed by atoms with E-state index in [2.05, 4.69) is 12.1 Å². The SMILES string of the molecule is CC(C)Oc1ccc(C(O)C2(c3ccccc3)CC2)cc1. The van der Waals surface area contributed by atoms with Crippen molar-refractivity contribution in [3.63, 3.8) is 0 Å². The number of hydrogen-bond acceptors (Lipinski definition) is 2. The summed E-state index contributed by atoms with van der Waals surface area (Å²) in [5, 5.41) is 10.8. The van der Waals surface area contributed by atoms with Gasteiger partial charge >= 0.3 is 0 Å². The molecule has 1 saturated carbocycles. The van der Waals surface area contributed by atoms with E-state index in [1.807, 2.05) is 56.3 Å². The monoisotopic (exact) mass is 282 g/mol. The minimum atomic E-state index is -0.451. The summed E-state index contributed by atoms with van der Waals surface area (Å²) in [4.78, 5) is 0. The van der Waals surface area contributed by atoms with Crippen molar-refractivity contribution in [2.45, 2.75) is 44.3 Å². The molecule has 1 unspecified atom stereocenters. The molecule has 0 radical (unpaired) electrons. The summed E-state index contributed by atoms with van der Waals surface area (Å²) in [6.45, 7) is 4.02. The number of aliphatic hydroxyl groups is 1. The van der Waals surface area contributed by atoms with Gasteiger partial charge in [0.2, 0.25) is 0 Å². The molecule has 0 aliphatic heterocycles. The minimum Gasteiger partial charge on any atom is -0.491 e. The summed E-state index contributed by atoms with van der Waals surface area (Å²) in [7, 11) is 0. The summed E-state index contributed by atoms with van der Waals surface area (Å²) >= 11 is 0. The van der Waals surface area contributed by atoms with Gasteiger partial charge in [-0.05, 0) is 49.9 Å². The van der Waals surface area contributed by atoms with Gasteiger partial charge in [-0.1, -0.05) is 42.5 Å². The second-order valence-electron chi connectivity index (χ2n) is 6.16. The van der Waals surface area contributed by atoms with Gasteiger partial charge in [0.15, 0.2) is 0 Å². The van der Waals surface area contributed by atoms with Crippen LogP contribution in [0.5, 0.6) is 5.75 Å². The molecule has 21 heavy (non-hydrogen) atoms. The van der Waals surface area contributed by atoms with Crippen LogP contribution in [0.1, 0.15) is 43.9 Å². The molecular weight excluding hydrogens is 260 g/mol. The molecule has 0 bridgehead atoms. The summed E-state index contributed by atoms with van der Waals surface area (Å²) in [6, 6.07) is 18.2. The van der Waals surface area contributed by atoms with Crippen LogP contribution < -0.4 is 4.74 Å². The fourth-order valence-corrected chi connectivity index (χ4v) is 2.94. The lowest BCUT2D eigenvalue weighted by molar-refractivity contribution is 0.133. The Hall–Kier alpha value is -1.80. The highest BCUT2D eigenvalue weighted by Crippen LogP contribution is 2.56. The third-order valence-corrected chi connectivity index (χ3v) is 4.23. The normalized spacial score (nSPS) is 17.5. The topological polar surface area (TPSA) is 29.5 Å². The smallest absolute Gasteiger partial charge is 0.119 e. The Morgan fingerprint density at radius 2 is 1.57 bits per heavy atom. The van der Waals surface area contributed by atoms with E-state index in [1.54, 1.807) is 0 Å². The first-order valence-corrected chi connectivity index (χ1v) is 7.62. The lowest BCUT2D eigenvalue weighted by Gasteiger charge is -2.23. The van der Waals surface area contributed by atoms with Gasteiger partial charge in [0.25, 0.3) is 0 Å². The molecule has 2 aromatic carbocycles. The highest BCUT2D eigenvalue weighted by Gasteiger charge is 2.50. The first kappa shape index (κ1) is 14.2. The van der Waals surface area contributed by atoms with Crippen LogP contribution in [-0.4, -0.2) is 11.2 Å². The predicted molar refractivity (Wildman–Crippen MR) is 84.5 cm³/mol. The van der Waals surface area contributed by atoms with Crippen molar-refractivity contribution in [1.82, 2.24) is 0 Å². The standard InChI is InChI=1S/C19H22O2/c1-14(2)21-17-10-8-15(9-11-17)18(20)19(12-13-19)16-6-4-3-5-7-16/h3-11,14,18,20H,12-13H2,1-2H3. The summed E-state index contributed by atoms with van der Waals surface area (Å²) < 4.78 is 5.65. The van der Waals surface area contributed by atoms with Gasteiger partial charge in [0.1, 0.15) is 5.75 Å². The maximum absolute atomic E-state index is 10.8. The second-order valence-corrected chi connectivity index (χ2v) is 6.16. The van der Waals surface area contributed by atoms with Gasteiger partial charge in [-0.15, -0.1) is 0 Å². The van der Waals surface area contributed by atoms with Gasteiger partial charge < -0.3 is 9.84 Å². The van der Waals surface area contributed by atoms with E-state index >= 15 is 0 Å². The number of hydrogen-bond donors (Lipinski definition) is 1. The van der Waals surface area contributed by atoms with Crippen molar-refractivity contribution in [2.75, 3.05) is 0 Å². The zero-order valence-electron chi connectivity index (χ0n) is 12.6. The maximum atomic E-state index is 10.8. The average Bonchev–Trinajstić information content (AvgIpc) is 3.29. The van der Waals surface area contributed by atoms with E-state index < -0.39 is 6.10 Å². The summed E-state index contributed by atoms with van der Waals surface area (Å²) in [5.41, 5.74) is 2.11. The first-order valence-electron chi connectivity index (χ1n) is 7.62. The quantitative estimate of drug-likeness (QED) is 0.889. The highest BCUT2D eigenvalue weighted by molar-refractivity contribution is 5.38. The molecule has 0 aromatic heterocycles. The van der Waals surface area contributed by atoms with Crippen LogP contribution in [0.2, 0.25) is 0 Å². The highest BCUT2D eigenvalue weighted by atomic mass is 16.5. The Morgan fingerprint density at radius 1 is 0.952 bits per heavy atom. The van der Waals surface area contributed by atoms with Gasteiger partial charge in [0.05, 0.1) is 12.2 Å². The van der Waals surface area contributed by atoms with E-state index in [9.17, 15) is 5.11 Å². The molecule has 0 spiro atoms. The van der Waals surface area contributed by atoms with Crippen molar-refractivity contribution in [3.05, 3.63) is 65.7 Å². The molecule has 0 heterocycles. The molecule has 110 valence electrons. The number of aliphatic hydroxyl groups excluding tert-OH is 1. The summed E-state index contributed by atoms with van der Waals surface area (Å²) in [5.74, 6) is 0.852. The van der Waals surface area contributed by atoms with Gasteiger partial charge in [-0.3, -0.25) is 0 Å². The number of benzene rings is 2. The fourth-order valence-electron chi connectivity index (χ4n) is 2.94. The number of ether oxygens (including phenoxy) is 1. The molecule has 0 amide bonds. The Morgan fingerprint density at radius 3 is 2.10 bits per heavy atom. The van der Waals surface area contributed by atoms with Gasteiger partial charge in [-0.25, -0.2) is 0 Å². The molecule has 1 aliphatic rings. The van der Waals surface area contributed by atoms with Gasteiger partial charge in [-0.2, -0.15) is 0 Å². The summed E-state index contributed by atoms with van der Waals surface area (Å²) in [6.07, 6.45) is 1.80. The molecule has 3 rings (SSSR count). The lowest BCUT2D eigenvalue weighted by Crippen LogP contribution is -2.18. The molecule has 0 saturated heterocycles. The molecule has 1 atom stereocenters. The molecular formula is C19H22O2. The Bertz CT molecular complexity index is 583. The number of rotatable bonds is 5. The van der Waals surface area contributed by atoms with Gasteiger partial charge in [0, 0.05) is 5.41 Å². The average molecular weight is 282 g/mol. The maximum Gasteiger partial charge on any atom is 0.119 e. The molecule has 2 nitrogen and oxygen atoms in total. The van der Waals surface area contributed by atoms with E-state index in [-0.39, 0.29) is 11.5 Å². The van der Waals surface area contributed by atoms with Crippen LogP contribution in [0, 0.1) is 0 Å². The van der Waals surface area contributed by atoms with Crippen molar-refractivity contribution in [3.8, 4) is 5.75 Å².